The third kappa shape index (κ3) is 6.32. The van der Waals surface area contributed by atoms with Crippen LogP contribution in [-0.2, 0) is 20.9 Å². The number of carbonyl (C=O) groups excluding carboxylic acids is 2. The molecule has 1 fully saturated rings. The Bertz CT molecular complexity index is 1580. The topological polar surface area (TPSA) is 102 Å². The minimum atomic E-state index is -2.41. The van der Waals surface area contributed by atoms with E-state index in [0.717, 1.165) is 16.7 Å². The molecule has 1 saturated heterocycles. The molecule has 1 N–H and O–H groups in total. The second-order valence-electron chi connectivity index (χ2n) is 12.9. The summed E-state index contributed by atoms with van der Waals surface area (Å²) >= 11 is 1.67. The van der Waals surface area contributed by atoms with Crippen LogP contribution in [0.5, 0.6) is 0 Å². The second-order valence-corrected chi connectivity index (χ2v) is 19.4. The summed E-state index contributed by atoms with van der Waals surface area (Å²) in [5.74, 6) is -0.125. The van der Waals surface area contributed by atoms with E-state index < -0.39 is 35.4 Å². The summed E-state index contributed by atoms with van der Waals surface area (Å²) in [6, 6.07) is 35.9. The van der Waals surface area contributed by atoms with Crippen molar-refractivity contribution < 1.29 is 19.2 Å². The molecule has 0 unspecified atom stereocenters. The summed E-state index contributed by atoms with van der Waals surface area (Å²) in [7, 11) is -2.41. The monoisotopic (exact) mass is 653 g/mol. The molecule has 0 radical (unpaired) electrons. The number of hydrogen-bond donors (Lipinski definition) is 1. The minimum Gasteiger partial charge on any atom is -0.445 e. The molecule has 10 heteroatoms. The number of nitrogens with one attached hydrogen (secondary N) is 1. The van der Waals surface area contributed by atoms with Gasteiger partial charge in [0, 0.05) is 12.1 Å². The summed E-state index contributed by atoms with van der Waals surface area (Å²) in [6.45, 7) is 10.8. The lowest BCUT2D eigenvalue weighted by Gasteiger charge is -2.59. The second kappa shape index (κ2) is 13.1. The average molecular weight is 654 g/mol. The van der Waals surface area contributed by atoms with E-state index in [1.807, 2.05) is 59.2 Å². The molecule has 2 atom stereocenters. The highest BCUT2D eigenvalue weighted by molar-refractivity contribution is 8.01. The van der Waals surface area contributed by atoms with Crippen molar-refractivity contribution in [1.29, 1.82) is 0 Å². The Morgan fingerprint density at radius 2 is 1.30 bits per heavy atom. The first kappa shape index (κ1) is 33.0. The zero-order valence-electron chi connectivity index (χ0n) is 26.7. The number of nitro benzene ring substituents is 1. The SMILES string of the molecule is CC(C)(C)[Si](C)(C)N1C(=O)[C@@H](NC(=O)OCc2ccc([N+](=O)[O-])cc2)[C@H]1SC(c1ccccc1)(c1ccccc1)c1ccccc1. The number of nitro groups is 1. The van der Waals surface area contributed by atoms with Crippen molar-refractivity contribution >= 4 is 37.7 Å². The van der Waals surface area contributed by atoms with Crippen LogP contribution in [-0.4, -0.2) is 41.1 Å². The first-order valence-corrected chi connectivity index (χ1v) is 19.0. The zero-order chi connectivity index (χ0) is 33.1. The number of carbonyl (C=O) groups is 2. The van der Waals surface area contributed by atoms with Gasteiger partial charge in [-0.3, -0.25) is 14.9 Å². The minimum absolute atomic E-state index is 0.0439. The Kier molecular flexibility index (Phi) is 9.41. The van der Waals surface area contributed by atoms with Crippen LogP contribution in [0.4, 0.5) is 10.5 Å². The zero-order valence-corrected chi connectivity index (χ0v) is 28.5. The normalized spacial score (nSPS) is 16.8. The number of ether oxygens (including phenoxy) is 1. The maximum absolute atomic E-state index is 14.1. The maximum Gasteiger partial charge on any atom is 0.408 e. The molecular formula is C36H39N3O5SSi. The Balaban J connectivity index is 1.53. The van der Waals surface area contributed by atoms with E-state index >= 15 is 0 Å². The fourth-order valence-corrected chi connectivity index (χ4v) is 10.5. The van der Waals surface area contributed by atoms with Gasteiger partial charge in [0.15, 0.2) is 8.24 Å². The molecule has 0 spiro atoms. The van der Waals surface area contributed by atoms with Gasteiger partial charge in [0.1, 0.15) is 18.0 Å². The van der Waals surface area contributed by atoms with Gasteiger partial charge in [-0.15, -0.1) is 11.8 Å². The number of non-ortho nitro benzene ring substituents is 1. The Morgan fingerprint density at radius 1 is 0.848 bits per heavy atom. The lowest BCUT2D eigenvalue weighted by molar-refractivity contribution is -0.384. The number of β-lactam (4-membered cyclic amide) rings is 1. The van der Waals surface area contributed by atoms with Crippen LogP contribution in [0, 0.1) is 10.1 Å². The number of alkyl carbamates (subject to hydrolysis) is 1. The molecule has 0 aliphatic carbocycles. The molecule has 4 aromatic carbocycles. The fraction of sp³-hybridized carbons (Fsp3) is 0.278. The number of amides is 2. The van der Waals surface area contributed by atoms with Crippen molar-refractivity contribution in [2.75, 3.05) is 0 Å². The lowest BCUT2D eigenvalue weighted by atomic mass is 9.84. The standard InChI is InChI=1S/C36H39N3O5SSi/c1-35(2,3)46(4,5)38-32(40)31(37-34(41)44-25-26-21-23-30(24-22-26)39(42)43)33(38)45-36(27-15-9-6-10-16-27,28-17-11-7-12-18-28)29-19-13-8-14-20-29/h6-24,31,33H,25H2,1-5H3,(H,37,41)/t31-,33-/m1/s1. The van der Waals surface area contributed by atoms with E-state index in [-0.39, 0.29) is 23.2 Å². The highest BCUT2D eigenvalue weighted by Crippen LogP contribution is 2.55. The number of benzene rings is 4. The largest absolute Gasteiger partial charge is 0.445 e. The highest BCUT2D eigenvalue weighted by Gasteiger charge is 2.60. The molecule has 0 aromatic heterocycles. The third-order valence-corrected chi connectivity index (χ3v) is 16.5. The number of nitrogens with zero attached hydrogens (tertiary/aromatic N) is 2. The Morgan fingerprint density at radius 3 is 1.72 bits per heavy atom. The van der Waals surface area contributed by atoms with E-state index in [4.69, 9.17) is 4.74 Å². The van der Waals surface area contributed by atoms with E-state index in [0.29, 0.717) is 5.56 Å². The molecule has 1 heterocycles. The Hall–Kier alpha value is -4.41. The molecule has 1 aliphatic rings. The third-order valence-electron chi connectivity index (χ3n) is 9.11. The van der Waals surface area contributed by atoms with Gasteiger partial charge in [-0.25, -0.2) is 4.79 Å². The summed E-state index contributed by atoms with van der Waals surface area (Å²) in [5, 5.41) is 13.3. The van der Waals surface area contributed by atoms with Gasteiger partial charge in [-0.2, -0.15) is 0 Å². The first-order chi connectivity index (χ1) is 21.9. The van der Waals surface area contributed by atoms with Gasteiger partial charge in [-0.1, -0.05) is 125 Å². The van der Waals surface area contributed by atoms with Crippen molar-refractivity contribution in [3.63, 3.8) is 0 Å². The van der Waals surface area contributed by atoms with Gasteiger partial charge in [0.2, 0.25) is 5.91 Å². The number of thioether (sulfide) groups is 1. The average Bonchev–Trinajstić information content (AvgIpc) is 3.05. The van der Waals surface area contributed by atoms with Gasteiger partial charge >= 0.3 is 6.09 Å². The van der Waals surface area contributed by atoms with Crippen molar-refractivity contribution in [2.45, 2.75) is 61.7 Å². The van der Waals surface area contributed by atoms with Crippen LogP contribution < -0.4 is 5.32 Å². The number of hydrogen-bond acceptors (Lipinski definition) is 6. The molecule has 46 heavy (non-hydrogen) atoms. The summed E-state index contributed by atoms with van der Waals surface area (Å²) in [4.78, 5) is 37.8. The molecule has 0 bridgehead atoms. The quantitative estimate of drug-likeness (QED) is 0.0610. The smallest absolute Gasteiger partial charge is 0.408 e. The van der Waals surface area contributed by atoms with Crippen LogP contribution in [0.15, 0.2) is 115 Å². The lowest BCUT2D eigenvalue weighted by Crippen LogP contribution is -2.78. The van der Waals surface area contributed by atoms with Crippen LogP contribution in [0.2, 0.25) is 18.1 Å². The van der Waals surface area contributed by atoms with E-state index in [2.05, 4.69) is 75.6 Å². The molecule has 238 valence electrons. The molecule has 5 rings (SSSR count). The van der Waals surface area contributed by atoms with Crippen molar-refractivity contribution in [3.05, 3.63) is 148 Å². The maximum atomic E-state index is 14.1. The first-order valence-electron chi connectivity index (χ1n) is 15.2. The van der Waals surface area contributed by atoms with Gasteiger partial charge in [0.05, 0.1) is 9.67 Å². The molecular weight excluding hydrogens is 615 g/mol. The summed E-state index contributed by atoms with van der Waals surface area (Å²) < 4.78 is 6.85. The highest BCUT2D eigenvalue weighted by atomic mass is 32.2. The summed E-state index contributed by atoms with van der Waals surface area (Å²) in [6.07, 6.45) is -0.720. The van der Waals surface area contributed by atoms with E-state index in [1.54, 1.807) is 23.9 Å². The Labute approximate surface area is 275 Å². The van der Waals surface area contributed by atoms with Crippen LogP contribution in [0.25, 0.3) is 0 Å². The predicted molar refractivity (Wildman–Crippen MR) is 185 cm³/mol. The van der Waals surface area contributed by atoms with Gasteiger partial charge in [-0.05, 0) is 39.4 Å². The number of rotatable bonds is 10. The van der Waals surface area contributed by atoms with Crippen molar-refractivity contribution in [3.8, 4) is 0 Å². The summed E-state index contributed by atoms with van der Waals surface area (Å²) in [5.41, 5.74) is 3.74. The fourth-order valence-electron chi connectivity index (χ4n) is 5.61. The molecule has 4 aromatic rings. The van der Waals surface area contributed by atoms with Crippen molar-refractivity contribution in [1.82, 2.24) is 9.88 Å². The van der Waals surface area contributed by atoms with E-state index in [9.17, 15) is 19.7 Å². The van der Waals surface area contributed by atoms with Crippen LogP contribution in [0.3, 0.4) is 0 Å². The molecule has 2 amide bonds. The van der Waals surface area contributed by atoms with Crippen LogP contribution in [0.1, 0.15) is 43.0 Å². The van der Waals surface area contributed by atoms with Gasteiger partial charge < -0.3 is 14.6 Å². The van der Waals surface area contributed by atoms with Crippen molar-refractivity contribution in [2.24, 2.45) is 0 Å². The molecule has 8 nitrogen and oxygen atoms in total. The van der Waals surface area contributed by atoms with Gasteiger partial charge in [0.25, 0.3) is 5.69 Å². The van der Waals surface area contributed by atoms with Crippen LogP contribution >= 0.6 is 11.8 Å². The predicted octanol–water partition coefficient (Wildman–Crippen LogP) is 8.09. The molecule has 0 saturated carbocycles. The van der Waals surface area contributed by atoms with E-state index in [1.165, 1.54) is 12.1 Å². The molecule has 1 aliphatic heterocycles.